The fraction of sp³-hybridized carbons (Fsp3) is 0.409. The quantitative estimate of drug-likeness (QED) is 0.102. The summed E-state index contributed by atoms with van der Waals surface area (Å²) in [6, 6.07) is -0.987. The van der Waals surface area contributed by atoms with Gasteiger partial charge in [-0.2, -0.15) is 0 Å². The van der Waals surface area contributed by atoms with Crippen LogP contribution in [0, 0.1) is 0 Å². The van der Waals surface area contributed by atoms with Gasteiger partial charge in [-0.3, -0.25) is 28.8 Å². The van der Waals surface area contributed by atoms with E-state index in [0.29, 0.717) is 5.56 Å². The minimum Gasteiger partial charge on any atom is -0.508 e. The number of carboxylic acid groups (broad SMARTS) is 3. The predicted molar refractivity (Wildman–Crippen MR) is 126 cm³/mol. The maximum Gasteiger partial charge on any atom is 0.326 e. The van der Waals surface area contributed by atoms with E-state index >= 15 is 0 Å². The van der Waals surface area contributed by atoms with E-state index in [2.05, 4.69) is 10.6 Å². The zero-order chi connectivity index (χ0) is 29.0. The maximum absolute atomic E-state index is 12.8. The lowest BCUT2D eigenvalue weighted by atomic mass is 10.0. The number of nitrogens with two attached hydrogens (primary N) is 2. The van der Waals surface area contributed by atoms with Gasteiger partial charge in [-0.05, 0) is 24.1 Å². The highest BCUT2D eigenvalue weighted by Crippen LogP contribution is 2.12. The van der Waals surface area contributed by atoms with Crippen molar-refractivity contribution in [3.8, 4) is 5.75 Å². The summed E-state index contributed by atoms with van der Waals surface area (Å²) in [5.41, 5.74) is 10.9. The van der Waals surface area contributed by atoms with Crippen LogP contribution >= 0.6 is 0 Å². The molecule has 0 saturated heterocycles. The number of carboxylic acids is 3. The smallest absolute Gasteiger partial charge is 0.326 e. The lowest BCUT2D eigenvalue weighted by molar-refractivity contribution is -0.143. The molecule has 1 aromatic carbocycles. The summed E-state index contributed by atoms with van der Waals surface area (Å²) in [5.74, 6) is -8.70. The van der Waals surface area contributed by atoms with E-state index in [1.807, 2.05) is 5.32 Å². The van der Waals surface area contributed by atoms with Gasteiger partial charge in [0, 0.05) is 12.8 Å². The molecule has 38 heavy (non-hydrogen) atoms. The van der Waals surface area contributed by atoms with Crippen LogP contribution in [0.3, 0.4) is 0 Å². The van der Waals surface area contributed by atoms with Crippen LogP contribution in [0.2, 0.25) is 0 Å². The van der Waals surface area contributed by atoms with E-state index in [1.165, 1.54) is 24.3 Å². The third-order valence-corrected chi connectivity index (χ3v) is 5.04. The largest absolute Gasteiger partial charge is 0.508 e. The third kappa shape index (κ3) is 11.3. The first-order chi connectivity index (χ1) is 17.7. The first-order valence-corrected chi connectivity index (χ1v) is 11.1. The number of primary amides is 1. The van der Waals surface area contributed by atoms with Crippen molar-refractivity contribution in [3.63, 3.8) is 0 Å². The second-order valence-electron chi connectivity index (χ2n) is 8.20. The Morgan fingerprint density at radius 3 is 1.76 bits per heavy atom. The highest BCUT2D eigenvalue weighted by molar-refractivity contribution is 5.96. The van der Waals surface area contributed by atoms with Gasteiger partial charge in [-0.15, -0.1) is 0 Å². The number of aliphatic carboxylic acids is 3. The van der Waals surface area contributed by atoms with Crippen LogP contribution < -0.4 is 27.4 Å². The lowest BCUT2D eigenvalue weighted by Gasteiger charge is -2.24. The van der Waals surface area contributed by atoms with Gasteiger partial charge in [0.25, 0.3) is 0 Å². The highest BCUT2D eigenvalue weighted by Gasteiger charge is 2.32. The Hall–Kier alpha value is -4.73. The summed E-state index contributed by atoms with van der Waals surface area (Å²) in [7, 11) is 0. The summed E-state index contributed by atoms with van der Waals surface area (Å²) in [6.45, 7) is 0. The Balaban J connectivity index is 3.07. The van der Waals surface area contributed by atoms with Gasteiger partial charge in [0.05, 0.1) is 18.9 Å². The number of nitrogens with one attached hydrogen (secondary N) is 3. The number of hydrogen-bond donors (Lipinski definition) is 9. The number of amides is 4. The van der Waals surface area contributed by atoms with Crippen molar-refractivity contribution in [2.45, 2.75) is 56.3 Å². The molecule has 4 unspecified atom stereocenters. The van der Waals surface area contributed by atoms with Gasteiger partial charge < -0.3 is 47.8 Å². The number of carbonyl (C=O) groups is 7. The van der Waals surface area contributed by atoms with Gasteiger partial charge >= 0.3 is 17.9 Å². The van der Waals surface area contributed by atoms with Crippen LogP contribution in [0.4, 0.5) is 0 Å². The SMILES string of the molecule is NC(=O)CC(N)C(=O)NC(CC(=O)O)C(=O)NC(CCC(=O)O)C(=O)NC(Cc1ccc(O)cc1)C(=O)O. The Morgan fingerprint density at radius 2 is 1.26 bits per heavy atom. The molecule has 0 aliphatic heterocycles. The summed E-state index contributed by atoms with van der Waals surface area (Å²) >= 11 is 0. The molecule has 0 bridgehead atoms. The molecule has 0 spiro atoms. The summed E-state index contributed by atoms with van der Waals surface area (Å²) < 4.78 is 0. The van der Waals surface area contributed by atoms with Gasteiger partial charge in [-0.1, -0.05) is 12.1 Å². The normalized spacial score (nSPS) is 13.7. The Labute approximate surface area is 215 Å². The lowest BCUT2D eigenvalue weighted by Crippen LogP contribution is -2.58. The summed E-state index contributed by atoms with van der Waals surface area (Å²) in [5, 5.41) is 43.3. The van der Waals surface area contributed by atoms with E-state index in [4.69, 9.17) is 21.7 Å². The monoisotopic (exact) mass is 539 g/mol. The standard InChI is InChI=1S/C22H29N5O11/c23-12(8-16(24)29)19(34)26-14(9-18(32)33)21(36)25-13(5-6-17(30)31)20(35)27-15(22(37)38)7-10-1-3-11(28)4-2-10/h1-4,12-15,28H,5-9,23H2,(H2,24,29)(H,25,36)(H,26,34)(H,27,35)(H,30,31)(H,32,33)(H,37,38). The number of hydrogen-bond acceptors (Lipinski definition) is 9. The number of aromatic hydroxyl groups is 1. The zero-order valence-corrected chi connectivity index (χ0v) is 20.0. The number of phenols is 1. The average Bonchev–Trinajstić information content (AvgIpc) is 2.80. The molecule has 4 amide bonds. The second-order valence-corrected chi connectivity index (χ2v) is 8.20. The molecular weight excluding hydrogens is 510 g/mol. The molecule has 16 heteroatoms. The van der Waals surface area contributed by atoms with Gasteiger partial charge in [0.2, 0.25) is 23.6 Å². The molecule has 0 aliphatic rings. The van der Waals surface area contributed by atoms with Crippen molar-refractivity contribution in [1.82, 2.24) is 16.0 Å². The van der Waals surface area contributed by atoms with Crippen molar-refractivity contribution >= 4 is 41.5 Å². The van der Waals surface area contributed by atoms with Crippen LogP contribution in [0.5, 0.6) is 5.75 Å². The summed E-state index contributed by atoms with van der Waals surface area (Å²) in [6.07, 6.45) is -2.93. The third-order valence-electron chi connectivity index (χ3n) is 5.04. The van der Waals surface area contributed by atoms with E-state index in [-0.39, 0.29) is 12.2 Å². The van der Waals surface area contributed by atoms with Crippen molar-refractivity contribution in [3.05, 3.63) is 29.8 Å². The van der Waals surface area contributed by atoms with E-state index in [0.717, 1.165) is 0 Å². The molecule has 1 aromatic rings. The molecular formula is C22H29N5O11. The molecule has 0 heterocycles. The molecule has 0 aliphatic carbocycles. The van der Waals surface area contributed by atoms with Crippen LogP contribution in [0.25, 0.3) is 0 Å². The zero-order valence-electron chi connectivity index (χ0n) is 20.0. The topological polar surface area (TPSA) is 289 Å². The molecule has 1 rings (SSSR count). The Kier molecular flexibility index (Phi) is 12.1. The van der Waals surface area contributed by atoms with Gasteiger partial charge in [0.1, 0.15) is 23.9 Å². The first-order valence-electron chi connectivity index (χ1n) is 11.1. The van der Waals surface area contributed by atoms with Crippen molar-refractivity contribution < 1.29 is 54.0 Å². The van der Waals surface area contributed by atoms with Crippen LogP contribution in [-0.2, 0) is 40.0 Å². The minimum absolute atomic E-state index is 0.0697. The maximum atomic E-state index is 12.8. The van der Waals surface area contributed by atoms with E-state index < -0.39 is 91.4 Å². The average molecular weight is 539 g/mol. The van der Waals surface area contributed by atoms with E-state index in [9.17, 15) is 43.8 Å². The first kappa shape index (κ1) is 31.3. The van der Waals surface area contributed by atoms with Gasteiger partial charge in [0.15, 0.2) is 0 Å². The Bertz CT molecular complexity index is 1060. The molecule has 4 atom stereocenters. The molecule has 0 aromatic heterocycles. The van der Waals surface area contributed by atoms with Crippen LogP contribution in [0.1, 0.15) is 31.2 Å². The number of rotatable bonds is 16. The predicted octanol–water partition coefficient (Wildman–Crippen LogP) is -2.98. The van der Waals surface area contributed by atoms with Gasteiger partial charge in [-0.25, -0.2) is 4.79 Å². The number of phenolic OH excluding ortho intramolecular Hbond substituents is 1. The molecule has 16 nitrogen and oxygen atoms in total. The highest BCUT2D eigenvalue weighted by atomic mass is 16.4. The Morgan fingerprint density at radius 1 is 0.737 bits per heavy atom. The number of benzene rings is 1. The molecule has 0 fully saturated rings. The molecule has 208 valence electrons. The summed E-state index contributed by atoms with van der Waals surface area (Å²) in [4.78, 5) is 82.7. The van der Waals surface area contributed by atoms with E-state index in [1.54, 1.807) is 0 Å². The van der Waals surface area contributed by atoms with Crippen molar-refractivity contribution in [1.29, 1.82) is 0 Å². The minimum atomic E-state index is -1.79. The number of carbonyl (C=O) groups excluding carboxylic acids is 4. The fourth-order valence-electron chi connectivity index (χ4n) is 3.12. The second kappa shape index (κ2) is 14.7. The van der Waals surface area contributed by atoms with Crippen LogP contribution in [-0.4, -0.2) is 86.1 Å². The molecule has 11 N–H and O–H groups in total. The van der Waals surface area contributed by atoms with Crippen molar-refractivity contribution in [2.24, 2.45) is 11.5 Å². The molecule has 0 radical (unpaired) electrons. The van der Waals surface area contributed by atoms with Crippen LogP contribution in [0.15, 0.2) is 24.3 Å². The van der Waals surface area contributed by atoms with Crippen molar-refractivity contribution in [2.75, 3.05) is 0 Å². The molecule has 0 saturated carbocycles. The fourth-order valence-corrected chi connectivity index (χ4v) is 3.12.